The molecule has 1 heteroatoms. The lowest BCUT2D eigenvalue weighted by atomic mass is 9.42. The van der Waals surface area contributed by atoms with Crippen LogP contribution in [-0.2, 0) is 0 Å². The van der Waals surface area contributed by atoms with E-state index in [0.29, 0.717) is 10.8 Å². The topological polar surface area (TPSA) is 0 Å². The maximum atomic E-state index is 2.42. The van der Waals surface area contributed by atoms with Crippen molar-refractivity contribution < 1.29 is 0 Å². The van der Waals surface area contributed by atoms with E-state index in [1.807, 2.05) is 0 Å². The van der Waals surface area contributed by atoms with E-state index >= 15 is 0 Å². The van der Waals surface area contributed by atoms with Gasteiger partial charge in [-0.1, -0.05) is 88.3 Å². The highest BCUT2D eigenvalue weighted by molar-refractivity contribution is 6.74. The van der Waals surface area contributed by atoms with E-state index in [4.69, 9.17) is 0 Å². The minimum atomic E-state index is 0.434. The molecule has 0 aromatic heterocycles. The normalized spacial score (nSPS) is 20.9. The predicted molar refractivity (Wildman–Crippen MR) is 86.5 cm³/mol. The minimum absolute atomic E-state index is 0.434. The third kappa shape index (κ3) is 2.10. The molecule has 0 bridgehead atoms. The summed E-state index contributed by atoms with van der Waals surface area (Å²) in [5.74, 6) is 0. The first-order valence-electron chi connectivity index (χ1n) is 7.38. The van der Waals surface area contributed by atoms with Gasteiger partial charge in [0, 0.05) is 0 Å². The van der Waals surface area contributed by atoms with E-state index in [-0.39, 0.29) is 0 Å². The van der Waals surface area contributed by atoms with Crippen molar-refractivity contribution in [2.24, 2.45) is 10.8 Å². The molecule has 2 aromatic carbocycles. The van der Waals surface area contributed by atoms with Crippen molar-refractivity contribution in [1.29, 1.82) is 0 Å². The van der Waals surface area contributed by atoms with Gasteiger partial charge in [-0.05, 0) is 21.6 Å². The maximum absolute atomic E-state index is 2.42. The fraction of sp³-hybridized carbons (Fsp3) is 0.444. The van der Waals surface area contributed by atoms with Crippen LogP contribution in [0.5, 0.6) is 0 Å². The fourth-order valence-corrected chi connectivity index (χ4v) is 3.55. The second-order valence-corrected chi connectivity index (χ2v) is 7.48. The predicted octanol–water partition coefficient (Wildman–Crippen LogP) is 4.61. The maximum Gasteiger partial charge on any atom is 0.176 e. The van der Waals surface area contributed by atoms with Crippen molar-refractivity contribution in [3.63, 3.8) is 0 Å². The van der Waals surface area contributed by atoms with Crippen LogP contribution < -0.4 is 5.46 Å². The lowest BCUT2D eigenvalue weighted by Crippen LogP contribution is -2.27. The van der Waals surface area contributed by atoms with E-state index in [1.54, 1.807) is 0 Å². The van der Waals surface area contributed by atoms with Gasteiger partial charge in [0.15, 0.2) is 6.71 Å². The Bertz CT molecular complexity index is 594. The molecule has 3 rings (SSSR count). The zero-order valence-electron chi connectivity index (χ0n) is 12.5. The van der Waals surface area contributed by atoms with Crippen LogP contribution in [0, 0.1) is 10.8 Å². The Hall–Kier alpha value is -1.24. The van der Waals surface area contributed by atoms with Crippen LogP contribution in [0.15, 0.2) is 42.5 Å². The number of hydrogen-bond acceptors (Lipinski definition) is 0. The highest BCUT2D eigenvalue weighted by atomic mass is 14.4. The van der Waals surface area contributed by atoms with Crippen molar-refractivity contribution in [1.82, 2.24) is 0 Å². The number of hydrogen-bond donors (Lipinski definition) is 0. The third-order valence-electron chi connectivity index (χ3n) is 5.59. The minimum Gasteiger partial charge on any atom is -0.0794 e. The molecule has 2 aromatic rings. The quantitative estimate of drug-likeness (QED) is 0.648. The standard InChI is InChI=1S/C18H23B/c1-17(2)12-19(13-18(17,3)4)16-10-9-14-7-5-6-8-15(14)11-16/h5-11H,12-13H2,1-4H3. The summed E-state index contributed by atoms with van der Waals surface area (Å²) in [4.78, 5) is 0. The van der Waals surface area contributed by atoms with Gasteiger partial charge in [0.25, 0.3) is 0 Å². The molecular weight excluding hydrogens is 227 g/mol. The largest absolute Gasteiger partial charge is 0.176 e. The number of rotatable bonds is 1. The van der Waals surface area contributed by atoms with Gasteiger partial charge >= 0.3 is 0 Å². The van der Waals surface area contributed by atoms with Crippen LogP contribution >= 0.6 is 0 Å². The molecule has 0 N–H and O–H groups in total. The molecule has 1 aliphatic heterocycles. The van der Waals surface area contributed by atoms with Gasteiger partial charge in [-0.25, -0.2) is 0 Å². The summed E-state index contributed by atoms with van der Waals surface area (Å²) in [7, 11) is 0. The molecule has 1 aliphatic rings. The van der Waals surface area contributed by atoms with Crippen LogP contribution in [0.3, 0.4) is 0 Å². The van der Waals surface area contributed by atoms with Crippen LogP contribution in [0.1, 0.15) is 27.7 Å². The molecule has 0 amide bonds. The zero-order valence-corrected chi connectivity index (χ0v) is 12.5. The van der Waals surface area contributed by atoms with Crippen LogP contribution in [-0.4, -0.2) is 6.71 Å². The van der Waals surface area contributed by atoms with Crippen molar-refractivity contribution >= 4 is 22.9 Å². The van der Waals surface area contributed by atoms with Gasteiger partial charge in [0.05, 0.1) is 0 Å². The summed E-state index contributed by atoms with van der Waals surface area (Å²) in [5, 5.41) is 2.73. The van der Waals surface area contributed by atoms with E-state index in [9.17, 15) is 0 Å². The molecule has 1 saturated heterocycles. The first kappa shape index (κ1) is 12.8. The molecule has 1 fully saturated rings. The molecule has 0 saturated carbocycles. The smallest absolute Gasteiger partial charge is 0.0794 e. The van der Waals surface area contributed by atoms with E-state index in [2.05, 4.69) is 70.2 Å². The van der Waals surface area contributed by atoms with Gasteiger partial charge in [-0.3, -0.25) is 0 Å². The summed E-state index contributed by atoms with van der Waals surface area (Å²) in [6, 6.07) is 15.7. The second-order valence-electron chi connectivity index (χ2n) is 7.48. The SMILES string of the molecule is CC1(C)CB(c2ccc3ccccc3c2)CC1(C)C. The summed E-state index contributed by atoms with van der Waals surface area (Å²) in [6.45, 7) is 10.4. The van der Waals surface area contributed by atoms with Crippen LogP contribution in [0.4, 0.5) is 0 Å². The molecule has 98 valence electrons. The van der Waals surface area contributed by atoms with Gasteiger partial charge in [0.2, 0.25) is 0 Å². The number of benzene rings is 2. The Balaban J connectivity index is 1.98. The highest BCUT2D eigenvalue weighted by Gasteiger charge is 2.47. The number of fused-ring (bicyclic) bond motifs is 1. The summed E-state index contributed by atoms with van der Waals surface area (Å²) >= 11 is 0. The van der Waals surface area contributed by atoms with Gasteiger partial charge in [-0.15, -0.1) is 0 Å². The lowest BCUT2D eigenvalue weighted by Gasteiger charge is -2.35. The van der Waals surface area contributed by atoms with Gasteiger partial charge < -0.3 is 0 Å². The molecule has 1 heterocycles. The van der Waals surface area contributed by atoms with E-state index < -0.39 is 0 Å². The second kappa shape index (κ2) is 4.13. The van der Waals surface area contributed by atoms with Gasteiger partial charge in [0.1, 0.15) is 0 Å². The van der Waals surface area contributed by atoms with Crippen molar-refractivity contribution in [3.05, 3.63) is 42.5 Å². The Labute approximate surface area is 117 Å². The summed E-state index contributed by atoms with van der Waals surface area (Å²) < 4.78 is 0. The molecule has 0 atom stereocenters. The Morgan fingerprint density at radius 3 is 2.00 bits per heavy atom. The van der Waals surface area contributed by atoms with Crippen LogP contribution in [0.25, 0.3) is 10.8 Å². The monoisotopic (exact) mass is 250 g/mol. The summed E-state index contributed by atoms with van der Waals surface area (Å²) in [5.41, 5.74) is 2.39. The first-order valence-corrected chi connectivity index (χ1v) is 7.38. The first-order chi connectivity index (χ1) is 8.89. The van der Waals surface area contributed by atoms with E-state index in [1.165, 1.54) is 28.9 Å². The Kier molecular flexibility index (Phi) is 2.78. The molecule has 19 heavy (non-hydrogen) atoms. The van der Waals surface area contributed by atoms with Crippen molar-refractivity contribution in [2.45, 2.75) is 40.3 Å². The molecule has 0 nitrogen and oxygen atoms in total. The fourth-order valence-electron chi connectivity index (χ4n) is 3.55. The average molecular weight is 250 g/mol. The molecular formula is C18H23B. The molecule has 0 unspecified atom stereocenters. The van der Waals surface area contributed by atoms with E-state index in [0.717, 1.165) is 6.71 Å². The van der Waals surface area contributed by atoms with Gasteiger partial charge in [-0.2, -0.15) is 0 Å². The molecule has 0 aliphatic carbocycles. The average Bonchev–Trinajstić information content (AvgIpc) is 2.58. The Morgan fingerprint density at radius 1 is 0.789 bits per heavy atom. The van der Waals surface area contributed by atoms with Crippen molar-refractivity contribution in [2.75, 3.05) is 0 Å². The van der Waals surface area contributed by atoms with Crippen molar-refractivity contribution in [3.8, 4) is 0 Å². The lowest BCUT2D eigenvalue weighted by molar-refractivity contribution is 0.177. The summed E-state index contributed by atoms with van der Waals surface area (Å²) in [6.07, 6.45) is 2.61. The molecule has 0 spiro atoms. The Morgan fingerprint density at radius 2 is 1.37 bits per heavy atom. The third-order valence-corrected chi connectivity index (χ3v) is 5.59. The highest BCUT2D eigenvalue weighted by Crippen LogP contribution is 2.52. The molecule has 0 radical (unpaired) electrons. The zero-order chi connectivity index (χ0) is 13.7. The van der Waals surface area contributed by atoms with Crippen LogP contribution in [0.2, 0.25) is 12.6 Å².